The Hall–Kier alpha value is -0.0400. The molecular weight excluding hydrogens is 122 g/mol. The first kappa shape index (κ1) is 8.06. The predicted molar refractivity (Wildman–Crippen MR) is 43.7 cm³/mol. The summed E-state index contributed by atoms with van der Waals surface area (Å²) >= 11 is 0. The third-order valence-electron chi connectivity index (χ3n) is 1.93. The van der Waals surface area contributed by atoms with Gasteiger partial charge in [-0.25, -0.2) is 0 Å². The maximum absolute atomic E-state index is 5.76. The van der Waals surface area contributed by atoms with Crippen LogP contribution in [0.25, 0.3) is 0 Å². The van der Waals surface area contributed by atoms with Crippen LogP contribution in [0.15, 0.2) is 0 Å². The van der Waals surface area contributed by atoms with Gasteiger partial charge in [-0.2, -0.15) is 0 Å². The lowest BCUT2D eigenvalue weighted by Crippen LogP contribution is -2.24. The highest BCUT2D eigenvalue weighted by Crippen LogP contribution is 2.15. The van der Waals surface area contributed by atoms with E-state index in [0.717, 1.165) is 12.5 Å². The van der Waals surface area contributed by atoms with Gasteiger partial charge < -0.3 is 4.90 Å². The van der Waals surface area contributed by atoms with E-state index in [-0.39, 0.29) is 0 Å². The van der Waals surface area contributed by atoms with Crippen molar-refractivity contribution >= 4 is 0 Å². The van der Waals surface area contributed by atoms with E-state index in [0.29, 0.717) is 5.92 Å². The lowest BCUT2D eigenvalue weighted by atomic mass is 10.2. The fourth-order valence-corrected chi connectivity index (χ4v) is 1.54. The third kappa shape index (κ3) is 2.30. The minimum atomic E-state index is 0.443. The van der Waals surface area contributed by atoms with Crippen LogP contribution in [0.5, 0.6) is 0 Å². The molecule has 0 saturated carbocycles. The molecular formula is C9H17N. The fourth-order valence-electron chi connectivity index (χ4n) is 1.54. The Kier molecular flexibility index (Phi) is 2.72. The van der Waals surface area contributed by atoms with Crippen molar-refractivity contribution in [1.82, 2.24) is 4.90 Å². The normalized spacial score (nSPS) is 28.2. The summed E-state index contributed by atoms with van der Waals surface area (Å²) in [5.74, 6) is 1.23. The molecule has 1 atom stereocenters. The van der Waals surface area contributed by atoms with Crippen molar-refractivity contribution in [2.24, 2.45) is 11.8 Å². The topological polar surface area (TPSA) is 3.24 Å². The van der Waals surface area contributed by atoms with E-state index >= 15 is 0 Å². The van der Waals surface area contributed by atoms with E-state index in [1.54, 1.807) is 0 Å². The molecule has 0 N–H and O–H groups in total. The maximum atomic E-state index is 5.76. The zero-order valence-corrected chi connectivity index (χ0v) is 7.01. The molecule has 10 heavy (non-hydrogen) atoms. The molecule has 0 aromatic heterocycles. The largest absolute Gasteiger partial charge is 0.303 e. The van der Waals surface area contributed by atoms with Crippen molar-refractivity contribution in [3.8, 4) is 0 Å². The molecule has 1 aliphatic rings. The van der Waals surface area contributed by atoms with E-state index in [1.165, 1.54) is 19.5 Å². The first-order chi connectivity index (χ1) is 4.68. The summed E-state index contributed by atoms with van der Waals surface area (Å²) in [6.45, 7) is 13.8. The second-order valence-electron chi connectivity index (χ2n) is 3.70. The smallest absolute Gasteiger partial charge is 0.00131 e. The first-order valence-corrected chi connectivity index (χ1v) is 4.16. The van der Waals surface area contributed by atoms with Gasteiger partial charge in [0, 0.05) is 13.1 Å². The second kappa shape index (κ2) is 3.38. The van der Waals surface area contributed by atoms with Crippen molar-refractivity contribution in [3.63, 3.8) is 0 Å². The molecule has 0 aliphatic carbocycles. The highest BCUT2D eigenvalue weighted by atomic mass is 15.1. The van der Waals surface area contributed by atoms with E-state index < -0.39 is 0 Å². The number of hydrogen-bond donors (Lipinski definition) is 0. The zero-order valence-electron chi connectivity index (χ0n) is 7.01. The lowest BCUT2D eigenvalue weighted by molar-refractivity contribution is 0.292. The van der Waals surface area contributed by atoms with Gasteiger partial charge in [-0.15, -0.1) is 0 Å². The van der Waals surface area contributed by atoms with Crippen LogP contribution >= 0.6 is 0 Å². The first-order valence-electron chi connectivity index (χ1n) is 4.16. The molecule has 1 nitrogen and oxygen atoms in total. The molecule has 58 valence electrons. The third-order valence-corrected chi connectivity index (χ3v) is 1.93. The highest BCUT2D eigenvalue weighted by molar-refractivity contribution is 4.76. The number of likely N-dealkylation sites (tertiary alicyclic amines) is 1. The molecule has 0 amide bonds. The van der Waals surface area contributed by atoms with Gasteiger partial charge in [0.15, 0.2) is 0 Å². The van der Waals surface area contributed by atoms with Crippen LogP contribution in [-0.4, -0.2) is 24.5 Å². The summed E-state index contributed by atoms with van der Waals surface area (Å²) in [5.41, 5.74) is 0. The van der Waals surface area contributed by atoms with Crippen LogP contribution < -0.4 is 0 Å². The Balaban J connectivity index is 2.18. The molecule has 1 aliphatic heterocycles. The molecule has 1 rings (SSSR count). The van der Waals surface area contributed by atoms with Crippen LogP contribution in [0.2, 0.25) is 0 Å². The number of hydrogen-bond acceptors (Lipinski definition) is 1. The van der Waals surface area contributed by atoms with Gasteiger partial charge in [0.1, 0.15) is 0 Å². The molecule has 0 spiro atoms. The molecule has 2 radical (unpaired) electrons. The van der Waals surface area contributed by atoms with Gasteiger partial charge in [0.2, 0.25) is 0 Å². The minimum Gasteiger partial charge on any atom is -0.303 e. The van der Waals surface area contributed by atoms with E-state index in [2.05, 4.69) is 18.7 Å². The van der Waals surface area contributed by atoms with Gasteiger partial charge in [0.25, 0.3) is 0 Å². The minimum absolute atomic E-state index is 0.443. The maximum Gasteiger partial charge on any atom is 0.00131 e. The van der Waals surface area contributed by atoms with Crippen molar-refractivity contribution in [3.05, 3.63) is 6.92 Å². The quantitative estimate of drug-likeness (QED) is 0.562. The van der Waals surface area contributed by atoms with E-state index in [9.17, 15) is 0 Å². The van der Waals surface area contributed by atoms with Crippen molar-refractivity contribution in [1.29, 1.82) is 0 Å². The second-order valence-corrected chi connectivity index (χ2v) is 3.70. The Labute approximate surface area is 64.4 Å². The molecule has 0 aromatic rings. The van der Waals surface area contributed by atoms with Gasteiger partial charge in [-0.1, -0.05) is 13.8 Å². The van der Waals surface area contributed by atoms with E-state index in [4.69, 9.17) is 6.92 Å². The van der Waals surface area contributed by atoms with Gasteiger partial charge in [0.05, 0.1) is 0 Å². The van der Waals surface area contributed by atoms with E-state index in [1.807, 2.05) is 0 Å². The molecule has 1 fully saturated rings. The van der Waals surface area contributed by atoms with Crippen molar-refractivity contribution in [2.45, 2.75) is 20.3 Å². The summed E-state index contributed by atoms with van der Waals surface area (Å²) in [4.78, 5) is 2.45. The Bertz CT molecular complexity index is 98.9. The van der Waals surface area contributed by atoms with Crippen LogP contribution in [0, 0.1) is 18.8 Å². The van der Waals surface area contributed by atoms with Crippen molar-refractivity contribution in [2.75, 3.05) is 19.6 Å². The van der Waals surface area contributed by atoms with Crippen LogP contribution in [0.1, 0.15) is 20.3 Å². The molecule has 0 bridgehead atoms. The van der Waals surface area contributed by atoms with Gasteiger partial charge in [-0.3, -0.25) is 0 Å². The average molecular weight is 139 g/mol. The summed E-state index contributed by atoms with van der Waals surface area (Å²) < 4.78 is 0. The van der Waals surface area contributed by atoms with Gasteiger partial charge in [-0.05, 0) is 31.7 Å². The number of rotatable bonds is 2. The molecule has 0 aromatic carbocycles. The highest BCUT2D eigenvalue weighted by Gasteiger charge is 2.18. The van der Waals surface area contributed by atoms with Gasteiger partial charge >= 0.3 is 0 Å². The standard InChI is InChI=1S/C9H17N/c1-8(2)6-10-5-4-9(3)7-10/h3,8-9H,4-7H2,1-2H3. The summed E-state index contributed by atoms with van der Waals surface area (Å²) in [7, 11) is 0. The summed E-state index contributed by atoms with van der Waals surface area (Å²) in [6.07, 6.45) is 1.19. The van der Waals surface area contributed by atoms with Crippen molar-refractivity contribution < 1.29 is 0 Å². The number of nitrogens with zero attached hydrogens (tertiary/aromatic N) is 1. The monoisotopic (exact) mass is 139 g/mol. The Morgan fingerprint density at radius 3 is 2.70 bits per heavy atom. The van der Waals surface area contributed by atoms with Crippen LogP contribution in [-0.2, 0) is 0 Å². The Morgan fingerprint density at radius 1 is 1.60 bits per heavy atom. The summed E-state index contributed by atoms with van der Waals surface area (Å²) in [6, 6.07) is 0. The molecule has 1 heteroatoms. The molecule has 1 unspecified atom stereocenters. The van der Waals surface area contributed by atoms with Crippen LogP contribution in [0.3, 0.4) is 0 Å². The van der Waals surface area contributed by atoms with Crippen LogP contribution in [0.4, 0.5) is 0 Å². The lowest BCUT2D eigenvalue weighted by Gasteiger charge is -2.17. The average Bonchev–Trinajstić information content (AvgIpc) is 2.13. The predicted octanol–water partition coefficient (Wildman–Crippen LogP) is 1.68. The molecule has 1 heterocycles. The SMILES string of the molecule is [CH]C1CCN(CC(C)C)C1. The fraction of sp³-hybridized carbons (Fsp3) is 0.889. The summed E-state index contributed by atoms with van der Waals surface area (Å²) in [5, 5.41) is 0. The molecule has 1 saturated heterocycles. The Morgan fingerprint density at radius 2 is 2.30 bits per heavy atom. The zero-order chi connectivity index (χ0) is 7.56.